The van der Waals surface area contributed by atoms with Crippen LogP contribution in [0.4, 0.5) is 0 Å². The third-order valence-corrected chi connectivity index (χ3v) is 5.40. The summed E-state index contributed by atoms with van der Waals surface area (Å²) in [5.74, 6) is 0.159. The van der Waals surface area contributed by atoms with E-state index >= 15 is 0 Å². The van der Waals surface area contributed by atoms with Gasteiger partial charge in [0.1, 0.15) is 5.37 Å². The minimum atomic E-state index is -0.867. The van der Waals surface area contributed by atoms with Crippen LogP contribution < -0.4 is 0 Å². The summed E-state index contributed by atoms with van der Waals surface area (Å²) in [4.78, 5) is 12.9. The predicted octanol–water partition coefficient (Wildman–Crippen LogP) is 0.474. The van der Waals surface area contributed by atoms with E-state index in [0.717, 1.165) is 0 Å². The average Bonchev–Trinajstić information content (AvgIpc) is 2.08. The standard InChI is InChI=1S/C8H13NO2S/c1-5-8(2,3)12(11)7-4-6(10)9(5)7/h5,7H,4H2,1-3H3/t5-,7?,12?/m0/s1. The summed E-state index contributed by atoms with van der Waals surface area (Å²) in [5, 5.41) is 0.0162. The molecule has 2 unspecified atom stereocenters. The lowest BCUT2D eigenvalue weighted by atomic mass is 10.0. The Morgan fingerprint density at radius 3 is 2.50 bits per heavy atom. The molecule has 0 aliphatic carbocycles. The summed E-state index contributed by atoms with van der Waals surface area (Å²) >= 11 is 0. The molecule has 0 aromatic heterocycles. The van der Waals surface area contributed by atoms with Crippen molar-refractivity contribution in [1.29, 1.82) is 0 Å². The Hall–Kier alpha value is -0.380. The van der Waals surface area contributed by atoms with Gasteiger partial charge in [-0.1, -0.05) is 0 Å². The van der Waals surface area contributed by atoms with Gasteiger partial charge in [0.05, 0.1) is 22.0 Å². The SMILES string of the molecule is C[C@@H]1N2C(=O)CC2S(=O)C1(C)C. The molecule has 0 aromatic rings. The van der Waals surface area contributed by atoms with Gasteiger partial charge in [-0.2, -0.15) is 0 Å². The molecule has 2 rings (SSSR count). The zero-order chi connectivity index (χ0) is 9.09. The molecule has 0 saturated carbocycles. The van der Waals surface area contributed by atoms with Gasteiger partial charge in [-0.05, 0) is 20.8 Å². The molecule has 4 heteroatoms. The van der Waals surface area contributed by atoms with Crippen molar-refractivity contribution in [1.82, 2.24) is 4.90 Å². The summed E-state index contributed by atoms with van der Waals surface area (Å²) in [6, 6.07) is 0.129. The van der Waals surface area contributed by atoms with E-state index in [1.807, 2.05) is 20.8 Å². The van der Waals surface area contributed by atoms with E-state index < -0.39 is 10.8 Å². The molecule has 0 aromatic carbocycles. The third kappa shape index (κ3) is 0.715. The first-order chi connectivity index (χ1) is 5.46. The number of fused-ring (bicyclic) bond motifs is 1. The molecule has 0 N–H and O–H groups in total. The Morgan fingerprint density at radius 1 is 1.58 bits per heavy atom. The molecule has 3 atom stereocenters. The lowest BCUT2D eigenvalue weighted by molar-refractivity contribution is -0.143. The summed E-state index contributed by atoms with van der Waals surface area (Å²) in [5.41, 5.74) is 0. The first-order valence-corrected chi connectivity index (χ1v) is 5.39. The minimum absolute atomic E-state index is 0.0162. The van der Waals surface area contributed by atoms with Gasteiger partial charge >= 0.3 is 0 Å². The van der Waals surface area contributed by atoms with E-state index in [1.54, 1.807) is 4.90 Å². The molecule has 0 bridgehead atoms. The second kappa shape index (κ2) is 2.10. The Balaban J connectivity index is 2.36. The Morgan fingerprint density at radius 2 is 2.17 bits per heavy atom. The Kier molecular flexibility index (Phi) is 1.44. The fraction of sp³-hybridized carbons (Fsp3) is 0.875. The van der Waals surface area contributed by atoms with Crippen LogP contribution >= 0.6 is 0 Å². The highest BCUT2D eigenvalue weighted by Crippen LogP contribution is 2.42. The van der Waals surface area contributed by atoms with Crippen molar-refractivity contribution >= 4 is 16.7 Å². The van der Waals surface area contributed by atoms with Crippen molar-refractivity contribution in [3.8, 4) is 0 Å². The molecule has 0 spiro atoms. The molecule has 2 aliphatic rings. The number of nitrogens with zero attached hydrogens (tertiary/aromatic N) is 1. The lowest BCUT2D eigenvalue weighted by Crippen LogP contribution is -2.52. The topological polar surface area (TPSA) is 37.4 Å². The zero-order valence-electron chi connectivity index (χ0n) is 7.53. The van der Waals surface area contributed by atoms with Crippen LogP contribution in [0.5, 0.6) is 0 Å². The van der Waals surface area contributed by atoms with Crippen molar-refractivity contribution < 1.29 is 9.00 Å². The number of β-lactam (4-membered cyclic amide) rings is 1. The van der Waals surface area contributed by atoms with Crippen LogP contribution in [0.1, 0.15) is 27.2 Å². The Labute approximate surface area is 74.6 Å². The summed E-state index contributed by atoms with van der Waals surface area (Å²) in [6.07, 6.45) is 0.486. The van der Waals surface area contributed by atoms with E-state index in [1.165, 1.54) is 0 Å². The van der Waals surface area contributed by atoms with Gasteiger partial charge < -0.3 is 4.90 Å². The maximum atomic E-state index is 11.8. The zero-order valence-corrected chi connectivity index (χ0v) is 8.35. The number of hydrogen-bond donors (Lipinski definition) is 0. The van der Waals surface area contributed by atoms with Gasteiger partial charge in [0.15, 0.2) is 0 Å². The molecule has 2 aliphatic heterocycles. The van der Waals surface area contributed by atoms with Gasteiger partial charge in [0.2, 0.25) is 5.91 Å². The molecule has 12 heavy (non-hydrogen) atoms. The molecular weight excluding hydrogens is 174 g/mol. The van der Waals surface area contributed by atoms with Crippen molar-refractivity contribution in [2.24, 2.45) is 0 Å². The fourth-order valence-corrected chi connectivity index (χ4v) is 3.85. The van der Waals surface area contributed by atoms with Gasteiger partial charge in [-0.15, -0.1) is 0 Å². The van der Waals surface area contributed by atoms with Gasteiger partial charge in [-0.3, -0.25) is 9.00 Å². The molecule has 2 heterocycles. The van der Waals surface area contributed by atoms with Gasteiger partial charge in [0, 0.05) is 6.04 Å². The summed E-state index contributed by atoms with van der Waals surface area (Å²) in [6.45, 7) is 5.92. The molecule has 1 amide bonds. The monoisotopic (exact) mass is 187 g/mol. The number of amides is 1. The van der Waals surface area contributed by atoms with Crippen LogP contribution in [-0.2, 0) is 15.6 Å². The van der Waals surface area contributed by atoms with Gasteiger partial charge in [-0.25, -0.2) is 0 Å². The van der Waals surface area contributed by atoms with E-state index in [2.05, 4.69) is 0 Å². The summed E-state index contributed by atoms with van der Waals surface area (Å²) < 4.78 is 11.5. The van der Waals surface area contributed by atoms with Crippen LogP contribution in [0.3, 0.4) is 0 Å². The number of rotatable bonds is 0. The highest BCUT2D eigenvalue weighted by atomic mass is 32.2. The quantitative estimate of drug-likeness (QED) is 0.517. The largest absolute Gasteiger partial charge is 0.323 e. The van der Waals surface area contributed by atoms with Crippen molar-refractivity contribution in [3.05, 3.63) is 0 Å². The smallest absolute Gasteiger partial charge is 0.226 e. The van der Waals surface area contributed by atoms with Crippen LogP contribution in [0, 0.1) is 0 Å². The number of hydrogen-bond acceptors (Lipinski definition) is 2. The van der Waals surface area contributed by atoms with E-state index in [0.29, 0.717) is 6.42 Å². The molecule has 0 radical (unpaired) electrons. The average molecular weight is 187 g/mol. The molecular formula is C8H13NO2S. The molecule has 2 saturated heterocycles. The highest BCUT2D eigenvalue weighted by Gasteiger charge is 2.58. The van der Waals surface area contributed by atoms with Crippen molar-refractivity contribution in [3.63, 3.8) is 0 Å². The number of carbonyl (C=O) groups is 1. The summed E-state index contributed by atoms with van der Waals surface area (Å²) in [7, 11) is -0.867. The molecule has 2 fully saturated rings. The van der Waals surface area contributed by atoms with Crippen molar-refractivity contribution in [2.45, 2.75) is 43.4 Å². The van der Waals surface area contributed by atoms with Crippen molar-refractivity contribution in [2.75, 3.05) is 0 Å². The van der Waals surface area contributed by atoms with Crippen LogP contribution in [-0.4, -0.2) is 31.2 Å². The van der Waals surface area contributed by atoms with Crippen LogP contribution in [0.25, 0.3) is 0 Å². The van der Waals surface area contributed by atoms with Crippen LogP contribution in [0.15, 0.2) is 0 Å². The van der Waals surface area contributed by atoms with Crippen LogP contribution in [0.2, 0.25) is 0 Å². The fourth-order valence-electron chi connectivity index (χ4n) is 1.90. The first kappa shape index (κ1) is 8.23. The Bertz CT molecular complexity index is 274. The van der Waals surface area contributed by atoms with Gasteiger partial charge in [0.25, 0.3) is 0 Å². The molecule has 68 valence electrons. The second-order valence-corrected chi connectivity index (χ2v) is 6.23. The van der Waals surface area contributed by atoms with E-state index in [9.17, 15) is 9.00 Å². The van der Waals surface area contributed by atoms with E-state index in [-0.39, 0.29) is 22.1 Å². The van der Waals surface area contributed by atoms with E-state index in [4.69, 9.17) is 0 Å². The third-order valence-electron chi connectivity index (χ3n) is 3.14. The molecule has 3 nitrogen and oxygen atoms in total. The highest BCUT2D eigenvalue weighted by molar-refractivity contribution is 7.87. The maximum absolute atomic E-state index is 11.8. The number of carbonyl (C=O) groups excluding carboxylic acids is 1. The maximum Gasteiger partial charge on any atom is 0.226 e. The lowest BCUT2D eigenvalue weighted by Gasteiger charge is -2.36. The second-order valence-electron chi connectivity index (χ2n) is 4.04. The normalized spacial score (nSPS) is 44.1. The first-order valence-electron chi connectivity index (χ1n) is 4.18. The predicted molar refractivity (Wildman–Crippen MR) is 46.9 cm³/mol. The minimum Gasteiger partial charge on any atom is -0.323 e.